The summed E-state index contributed by atoms with van der Waals surface area (Å²) in [6.45, 7) is 4.84. The number of aryl methyl sites for hydroxylation is 1. The molecular formula is C17H21FN2O. The number of rotatable bonds is 6. The van der Waals surface area contributed by atoms with Gasteiger partial charge in [-0.1, -0.05) is 19.1 Å². The summed E-state index contributed by atoms with van der Waals surface area (Å²) in [5, 5.41) is 3.38. The maximum Gasteiger partial charge on any atom is 0.250 e. The Morgan fingerprint density at radius 2 is 1.90 bits per heavy atom. The molecule has 0 saturated heterocycles. The molecule has 21 heavy (non-hydrogen) atoms. The van der Waals surface area contributed by atoms with Crippen LogP contribution in [0.1, 0.15) is 25.8 Å². The van der Waals surface area contributed by atoms with Crippen molar-refractivity contribution in [3.8, 4) is 0 Å². The van der Waals surface area contributed by atoms with E-state index < -0.39 is 0 Å². The zero-order chi connectivity index (χ0) is 15.2. The molecule has 0 radical (unpaired) electrons. The average Bonchev–Trinajstić information content (AvgIpc) is 2.45. The van der Waals surface area contributed by atoms with Crippen LogP contribution in [0, 0.1) is 5.82 Å². The van der Waals surface area contributed by atoms with Crippen molar-refractivity contribution in [1.82, 2.24) is 4.57 Å². The Bertz CT molecular complexity index is 634. The molecule has 0 saturated carbocycles. The Kier molecular flexibility index (Phi) is 5.14. The number of aromatic nitrogens is 1. The summed E-state index contributed by atoms with van der Waals surface area (Å²) in [6.07, 6.45) is 3.58. The van der Waals surface area contributed by atoms with Crippen molar-refractivity contribution < 1.29 is 4.39 Å². The highest BCUT2D eigenvalue weighted by molar-refractivity contribution is 5.41. The van der Waals surface area contributed by atoms with E-state index in [9.17, 15) is 9.18 Å². The van der Waals surface area contributed by atoms with Gasteiger partial charge in [0.25, 0.3) is 5.56 Å². The number of hydrogen-bond donors (Lipinski definition) is 1. The highest BCUT2D eigenvalue weighted by Gasteiger charge is 2.05. The first kappa shape index (κ1) is 15.3. The number of benzene rings is 1. The topological polar surface area (TPSA) is 34.0 Å². The Morgan fingerprint density at radius 3 is 2.57 bits per heavy atom. The van der Waals surface area contributed by atoms with Gasteiger partial charge in [0.15, 0.2) is 0 Å². The standard InChI is InChI=1S/C17H21FN2O/c1-3-10-20-12-16(8-9-17(20)21)19-13(2)11-14-4-6-15(18)7-5-14/h4-9,12-13,19H,3,10-11H2,1-2H3. The lowest BCUT2D eigenvalue weighted by molar-refractivity contribution is 0.626. The van der Waals surface area contributed by atoms with Crippen molar-refractivity contribution in [2.75, 3.05) is 5.32 Å². The molecule has 1 N–H and O–H groups in total. The van der Waals surface area contributed by atoms with Gasteiger partial charge in [0.1, 0.15) is 5.82 Å². The van der Waals surface area contributed by atoms with E-state index >= 15 is 0 Å². The van der Waals surface area contributed by atoms with Gasteiger partial charge in [-0.2, -0.15) is 0 Å². The lowest BCUT2D eigenvalue weighted by atomic mass is 10.1. The van der Waals surface area contributed by atoms with Crippen molar-refractivity contribution in [2.24, 2.45) is 0 Å². The van der Waals surface area contributed by atoms with Crippen LogP contribution >= 0.6 is 0 Å². The molecule has 0 aliphatic heterocycles. The van der Waals surface area contributed by atoms with Gasteiger partial charge in [0, 0.05) is 24.8 Å². The van der Waals surface area contributed by atoms with Crippen LogP contribution in [0.3, 0.4) is 0 Å². The van der Waals surface area contributed by atoms with Crippen LogP contribution in [0.5, 0.6) is 0 Å². The van der Waals surface area contributed by atoms with Gasteiger partial charge < -0.3 is 9.88 Å². The molecule has 1 aromatic heterocycles. The molecule has 0 fully saturated rings. The van der Waals surface area contributed by atoms with Crippen molar-refractivity contribution in [3.05, 3.63) is 64.3 Å². The number of nitrogens with zero attached hydrogens (tertiary/aromatic N) is 1. The second-order valence-electron chi connectivity index (χ2n) is 5.33. The van der Waals surface area contributed by atoms with E-state index in [1.54, 1.807) is 28.8 Å². The first-order chi connectivity index (χ1) is 10.1. The molecule has 2 rings (SSSR count). The van der Waals surface area contributed by atoms with E-state index in [2.05, 4.69) is 12.2 Å². The van der Waals surface area contributed by atoms with Crippen LogP contribution in [0.4, 0.5) is 10.1 Å². The van der Waals surface area contributed by atoms with E-state index in [1.807, 2.05) is 13.1 Å². The van der Waals surface area contributed by atoms with Crippen molar-refractivity contribution in [3.63, 3.8) is 0 Å². The van der Waals surface area contributed by atoms with Crippen molar-refractivity contribution >= 4 is 5.69 Å². The number of hydrogen-bond acceptors (Lipinski definition) is 2. The Labute approximate surface area is 124 Å². The molecule has 1 unspecified atom stereocenters. The van der Waals surface area contributed by atoms with E-state index in [1.165, 1.54) is 12.1 Å². The van der Waals surface area contributed by atoms with Gasteiger partial charge in [-0.05, 0) is 43.5 Å². The zero-order valence-electron chi connectivity index (χ0n) is 12.5. The minimum atomic E-state index is -0.217. The van der Waals surface area contributed by atoms with Crippen LogP contribution < -0.4 is 10.9 Å². The van der Waals surface area contributed by atoms with Gasteiger partial charge >= 0.3 is 0 Å². The summed E-state index contributed by atoms with van der Waals surface area (Å²) in [5.41, 5.74) is 2.03. The fourth-order valence-corrected chi connectivity index (χ4v) is 2.34. The fourth-order valence-electron chi connectivity index (χ4n) is 2.34. The summed E-state index contributed by atoms with van der Waals surface area (Å²) in [4.78, 5) is 11.7. The molecule has 1 aromatic carbocycles. The summed E-state index contributed by atoms with van der Waals surface area (Å²) >= 11 is 0. The zero-order valence-corrected chi connectivity index (χ0v) is 12.5. The molecular weight excluding hydrogens is 267 g/mol. The summed E-state index contributed by atoms with van der Waals surface area (Å²) in [7, 11) is 0. The van der Waals surface area contributed by atoms with E-state index in [-0.39, 0.29) is 17.4 Å². The molecule has 0 spiro atoms. The second-order valence-corrected chi connectivity index (χ2v) is 5.33. The highest BCUT2D eigenvalue weighted by Crippen LogP contribution is 2.11. The van der Waals surface area contributed by atoms with Crippen LogP contribution in [0.25, 0.3) is 0 Å². The number of pyridine rings is 1. The molecule has 0 aliphatic carbocycles. The quantitative estimate of drug-likeness (QED) is 0.883. The molecule has 0 aliphatic rings. The SMILES string of the molecule is CCCn1cc(NC(C)Cc2ccc(F)cc2)ccc1=O. The van der Waals surface area contributed by atoms with Crippen LogP contribution in [0.2, 0.25) is 0 Å². The lowest BCUT2D eigenvalue weighted by Crippen LogP contribution is -2.22. The lowest BCUT2D eigenvalue weighted by Gasteiger charge is -2.16. The van der Waals surface area contributed by atoms with Gasteiger partial charge in [-0.25, -0.2) is 4.39 Å². The molecule has 1 atom stereocenters. The van der Waals surface area contributed by atoms with E-state index in [4.69, 9.17) is 0 Å². The maximum absolute atomic E-state index is 12.9. The molecule has 4 heteroatoms. The maximum atomic E-state index is 12.9. The van der Waals surface area contributed by atoms with Crippen molar-refractivity contribution in [2.45, 2.75) is 39.3 Å². The molecule has 0 amide bonds. The molecule has 112 valence electrons. The highest BCUT2D eigenvalue weighted by atomic mass is 19.1. The fraction of sp³-hybridized carbons (Fsp3) is 0.353. The minimum absolute atomic E-state index is 0.0218. The summed E-state index contributed by atoms with van der Waals surface area (Å²) in [5.74, 6) is -0.217. The molecule has 1 heterocycles. The molecule has 2 aromatic rings. The molecule has 0 bridgehead atoms. The van der Waals surface area contributed by atoms with Crippen LogP contribution in [-0.4, -0.2) is 10.6 Å². The Morgan fingerprint density at radius 1 is 1.19 bits per heavy atom. The second kappa shape index (κ2) is 7.07. The van der Waals surface area contributed by atoms with Crippen LogP contribution in [0.15, 0.2) is 47.4 Å². The third-order valence-electron chi connectivity index (χ3n) is 3.32. The monoisotopic (exact) mass is 288 g/mol. The van der Waals surface area contributed by atoms with E-state index in [0.29, 0.717) is 0 Å². The Hall–Kier alpha value is -2.10. The third kappa shape index (κ3) is 4.45. The third-order valence-corrected chi connectivity index (χ3v) is 3.32. The van der Waals surface area contributed by atoms with Gasteiger partial charge in [-0.15, -0.1) is 0 Å². The summed E-state index contributed by atoms with van der Waals surface area (Å²) in [6, 6.07) is 10.1. The summed E-state index contributed by atoms with van der Waals surface area (Å²) < 4.78 is 14.6. The average molecular weight is 288 g/mol. The largest absolute Gasteiger partial charge is 0.381 e. The number of nitrogens with one attached hydrogen (secondary N) is 1. The van der Waals surface area contributed by atoms with E-state index in [0.717, 1.165) is 30.6 Å². The van der Waals surface area contributed by atoms with Gasteiger partial charge in [-0.3, -0.25) is 4.79 Å². The minimum Gasteiger partial charge on any atom is -0.381 e. The molecule has 3 nitrogen and oxygen atoms in total. The number of anilines is 1. The van der Waals surface area contributed by atoms with Gasteiger partial charge in [0.2, 0.25) is 0 Å². The van der Waals surface area contributed by atoms with Gasteiger partial charge in [0.05, 0.1) is 5.69 Å². The smallest absolute Gasteiger partial charge is 0.250 e. The predicted octanol–water partition coefficient (Wildman–Crippen LogP) is 3.44. The number of halogens is 1. The normalized spacial score (nSPS) is 12.1. The predicted molar refractivity (Wildman–Crippen MR) is 84.2 cm³/mol. The first-order valence-electron chi connectivity index (χ1n) is 7.30. The Balaban J connectivity index is 2.02. The van der Waals surface area contributed by atoms with Crippen molar-refractivity contribution in [1.29, 1.82) is 0 Å². The van der Waals surface area contributed by atoms with Crippen LogP contribution in [-0.2, 0) is 13.0 Å². The first-order valence-corrected chi connectivity index (χ1v) is 7.30.